The summed E-state index contributed by atoms with van der Waals surface area (Å²) in [6, 6.07) is 6.82. The normalized spacial score (nSPS) is 11.7. The molecule has 0 saturated heterocycles. The SMILES string of the molecule is COc1ccc(NC(=O)[C@H](C)OC(=O)c2c(C)noc2C)cc1. The number of hydrogen-bond donors (Lipinski definition) is 1. The highest BCUT2D eigenvalue weighted by Gasteiger charge is 2.24. The molecule has 7 heteroatoms. The lowest BCUT2D eigenvalue weighted by Crippen LogP contribution is -2.30. The maximum atomic E-state index is 12.1. The number of methoxy groups -OCH3 is 1. The fourth-order valence-corrected chi connectivity index (χ4v) is 1.97. The highest BCUT2D eigenvalue weighted by molar-refractivity contribution is 5.98. The molecule has 122 valence electrons. The topological polar surface area (TPSA) is 90.7 Å². The first-order valence-electron chi connectivity index (χ1n) is 7.01. The van der Waals surface area contributed by atoms with E-state index in [1.165, 1.54) is 6.92 Å². The Morgan fingerprint density at radius 2 is 1.87 bits per heavy atom. The van der Waals surface area contributed by atoms with Crippen LogP contribution in [0.5, 0.6) is 5.75 Å². The van der Waals surface area contributed by atoms with Crippen LogP contribution >= 0.6 is 0 Å². The summed E-state index contributed by atoms with van der Waals surface area (Å²) in [5, 5.41) is 6.35. The van der Waals surface area contributed by atoms with Crippen LogP contribution in [0.25, 0.3) is 0 Å². The number of benzene rings is 1. The number of aromatic nitrogens is 1. The first kappa shape index (κ1) is 16.5. The molecule has 1 atom stereocenters. The standard InChI is InChI=1S/C16H18N2O5/c1-9-14(10(2)23-18-9)16(20)22-11(3)15(19)17-12-5-7-13(21-4)8-6-12/h5-8,11H,1-4H3,(H,17,19)/t11-/m0/s1. The average molecular weight is 318 g/mol. The highest BCUT2D eigenvalue weighted by atomic mass is 16.5. The van der Waals surface area contributed by atoms with Gasteiger partial charge in [-0.1, -0.05) is 5.16 Å². The Bertz CT molecular complexity index is 686. The molecule has 0 unspecified atom stereocenters. The van der Waals surface area contributed by atoms with Crippen molar-refractivity contribution >= 4 is 17.6 Å². The lowest BCUT2D eigenvalue weighted by Gasteiger charge is -2.13. The van der Waals surface area contributed by atoms with E-state index in [2.05, 4.69) is 10.5 Å². The number of carbonyl (C=O) groups is 2. The molecule has 1 heterocycles. The summed E-state index contributed by atoms with van der Waals surface area (Å²) in [5.41, 5.74) is 1.25. The predicted molar refractivity (Wildman–Crippen MR) is 82.5 cm³/mol. The minimum absolute atomic E-state index is 0.245. The number of nitrogens with one attached hydrogen (secondary N) is 1. The molecule has 1 amide bonds. The number of hydrogen-bond acceptors (Lipinski definition) is 6. The van der Waals surface area contributed by atoms with Gasteiger partial charge in [0.15, 0.2) is 6.10 Å². The molecule has 0 radical (unpaired) electrons. The Morgan fingerprint density at radius 3 is 2.39 bits per heavy atom. The molecule has 2 aromatic rings. The molecule has 0 fully saturated rings. The van der Waals surface area contributed by atoms with E-state index in [4.69, 9.17) is 14.0 Å². The van der Waals surface area contributed by atoms with Gasteiger partial charge < -0.3 is 19.3 Å². The van der Waals surface area contributed by atoms with Crippen LogP contribution in [0.15, 0.2) is 28.8 Å². The van der Waals surface area contributed by atoms with Crippen molar-refractivity contribution in [1.82, 2.24) is 5.16 Å². The van der Waals surface area contributed by atoms with E-state index in [-0.39, 0.29) is 5.56 Å². The summed E-state index contributed by atoms with van der Waals surface area (Å²) < 4.78 is 15.1. The fraction of sp³-hybridized carbons (Fsp3) is 0.312. The zero-order valence-electron chi connectivity index (χ0n) is 13.4. The van der Waals surface area contributed by atoms with Crippen LogP contribution in [-0.4, -0.2) is 30.2 Å². The van der Waals surface area contributed by atoms with Crippen molar-refractivity contribution in [3.63, 3.8) is 0 Å². The number of aryl methyl sites for hydroxylation is 2. The number of carbonyl (C=O) groups excluding carboxylic acids is 2. The molecular formula is C16H18N2O5. The van der Waals surface area contributed by atoms with Crippen LogP contribution in [0.3, 0.4) is 0 Å². The van der Waals surface area contributed by atoms with Crippen molar-refractivity contribution < 1.29 is 23.6 Å². The number of rotatable bonds is 5. The van der Waals surface area contributed by atoms with Crippen LogP contribution in [-0.2, 0) is 9.53 Å². The smallest absolute Gasteiger partial charge is 0.344 e. The minimum Gasteiger partial charge on any atom is -0.497 e. The zero-order valence-corrected chi connectivity index (χ0v) is 13.4. The minimum atomic E-state index is -0.960. The molecule has 0 aliphatic rings. The molecule has 2 rings (SSSR count). The van der Waals surface area contributed by atoms with Gasteiger partial charge >= 0.3 is 5.97 Å². The first-order valence-corrected chi connectivity index (χ1v) is 7.01. The van der Waals surface area contributed by atoms with Crippen molar-refractivity contribution in [2.75, 3.05) is 12.4 Å². The molecule has 0 spiro atoms. The molecular weight excluding hydrogens is 300 g/mol. The van der Waals surface area contributed by atoms with E-state index in [0.29, 0.717) is 22.9 Å². The third kappa shape index (κ3) is 3.88. The number of anilines is 1. The zero-order chi connectivity index (χ0) is 17.0. The summed E-state index contributed by atoms with van der Waals surface area (Å²) in [5.74, 6) is -0.0370. The predicted octanol–water partition coefficient (Wildman–Crippen LogP) is 2.48. The van der Waals surface area contributed by atoms with Gasteiger partial charge in [-0.2, -0.15) is 0 Å². The van der Waals surface area contributed by atoms with Crippen molar-refractivity contribution in [2.45, 2.75) is 26.9 Å². The lowest BCUT2D eigenvalue weighted by atomic mass is 10.2. The van der Waals surface area contributed by atoms with Gasteiger partial charge in [0.2, 0.25) is 0 Å². The second kappa shape index (κ2) is 6.95. The Labute approximate surface area is 133 Å². The molecule has 0 aliphatic carbocycles. The molecule has 0 saturated carbocycles. The maximum Gasteiger partial charge on any atom is 0.344 e. The third-order valence-electron chi connectivity index (χ3n) is 3.25. The van der Waals surface area contributed by atoms with Gasteiger partial charge in [0.1, 0.15) is 17.1 Å². The highest BCUT2D eigenvalue weighted by Crippen LogP contribution is 2.17. The van der Waals surface area contributed by atoms with Crippen molar-refractivity contribution in [3.05, 3.63) is 41.3 Å². The monoisotopic (exact) mass is 318 g/mol. The molecule has 1 aromatic heterocycles. The van der Waals surface area contributed by atoms with Gasteiger partial charge in [0.05, 0.1) is 12.8 Å². The summed E-state index contributed by atoms with van der Waals surface area (Å²) in [6.45, 7) is 4.74. The van der Waals surface area contributed by atoms with E-state index in [1.54, 1.807) is 45.2 Å². The second-order valence-corrected chi connectivity index (χ2v) is 4.96. The number of esters is 1. The van der Waals surface area contributed by atoms with E-state index in [9.17, 15) is 9.59 Å². The van der Waals surface area contributed by atoms with Crippen LogP contribution < -0.4 is 10.1 Å². The van der Waals surface area contributed by atoms with E-state index in [1.807, 2.05) is 0 Å². The van der Waals surface area contributed by atoms with Gasteiger partial charge in [-0.15, -0.1) is 0 Å². The van der Waals surface area contributed by atoms with Gasteiger partial charge in [0, 0.05) is 5.69 Å². The Morgan fingerprint density at radius 1 is 1.22 bits per heavy atom. The fourth-order valence-electron chi connectivity index (χ4n) is 1.97. The van der Waals surface area contributed by atoms with Gasteiger partial charge in [-0.25, -0.2) is 4.79 Å². The van der Waals surface area contributed by atoms with Crippen LogP contribution in [0.1, 0.15) is 28.7 Å². The molecule has 7 nitrogen and oxygen atoms in total. The Kier molecular flexibility index (Phi) is 5.00. The molecule has 1 aromatic carbocycles. The van der Waals surface area contributed by atoms with E-state index < -0.39 is 18.0 Å². The van der Waals surface area contributed by atoms with Gasteiger partial charge in [-0.05, 0) is 45.0 Å². The van der Waals surface area contributed by atoms with E-state index in [0.717, 1.165) is 0 Å². The lowest BCUT2D eigenvalue weighted by molar-refractivity contribution is -0.123. The summed E-state index contributed by atoms with van der Waals surface area (Å²) in [6.07, 6.45) is -0.960. The number of ether oxygens (including phenoxy) is 2. The molecule has 1 N–H and O–H groups in total. The number of nitrogens with zero attached hydrogens (tertiary/aromatic N) is 1. The average Bonchev–Trinajstić information content (AvgIpc) is 2.86. The summed E-state index contributed by atoms with van der Waals surface area (Å²) in [4.78, 5) is 24.2. The van der Waals surface area contributed by atoms with Gasteiger partial charge in [-0.3, -0.25) is 4.79 Å². The maximum absolute atomic E-state index is 12.1. The summed E-state index contributed by atoms with van der Waals surface area (Å²) in [7, 11) is 1.56. The Hall–Kier alpha value is -2.83. The number of amides is 1. The van der Waals surface area contributed by atoms with Crippen LogP contribution in [0.4, 0.5) is 5.69 Å². The van der Waals surface area contributed by atoms with Crippen LogP contribution in [0.2, 0.25) is 0 Å². The Balaban J connectivity index is 1.98. The van der Waals surface area contributed by atoms with Crippen LogP contribution in [0, 0.1) is 13.8 Å². The molecule has 23 heavy (non-hydrogen) atoms. The molecule has 0 aliphatic heterocycles. The largest absolute Gasteiger partial charge is 0.497 e. The second-order valence-electron chi connectivity index (χ2n) is 4.96. The molecule has 0 bridgehead atoms. The quantitative estimate of drug-likeness (QED) is 0.852. The first-order chi connectivity index (χ1) is 10.9. The van der Waals surface area contributed by atoms with Crippen molar-refractivity contribution in [3.8, 4) is 5.75 Å². The third-order valence-corrected chi connectivity index (χ3v) is 3.25. The van der Waals surface area contributed by atoms with Crippen molar-refractivity contribution in [1.29, 1.82) is 0 Å². The summed E-state index contributed by atoms with van der Waals surface area (Å²) >= 11 is 0. The van der Waals surface area contributed by atoms with E-state index >= 15 is 0 Å². The van der Waals surface area contributed by atoms with Gasteiger partial charge in [0.25, 0.3) is 5.91 Å². The van der Waals surface area contributed by atoms with Crippen molar-refractivity contribution in [2.24, 2.45) is 0 Å².